The summed E-state index contributed by atoms with van der Waals surface area (Å²) in [5.74, 6) is 0.404. The Labute approximate surface area is 140 Å². The third-order valence-corrected chi connectivity index (χ3v) is 6.32. The fourth-order valence-electron chi connectivity index (χ4n) is 4.93. The summed E-state index contributed by atoms with van der Waals surface area (Å²) in [5, 5.41) is 10.9. The van der Waals surface area contributed by atoms with Crippen molar-refractivity contribution in [1.29, 1.82) is 0 Å². The normalized spacial score (nSPS) is 49.5. The van der Waals surface area contributed by atoms with Crippen LogP contribution < -0.4 is 0 Å². The van der Waals surface area contributed by atoms with E-state index in [9.17, 15) is 5.11 Å². The van der Waals surface area contributed by atoms with Crippen molar-refractivity contribution >= 4 is 0 Å². The molecule has 132 valence electrons. The largest absolute Gasteiger partial charge is 0.390 e. The maximum atomic E-state index is 10.9. The Morgan fingerprint density at radius 3 is 2.87 bits per heavy atom. The first-order chi connectivity index (χ1) is 10.9. The molecule has 0 bridgehead atoms. The molecule has 0 aromatic heterocycles. The Balaban J connectivity index is 1.80. The second-order valence-corrected chi connectivity index (χ2v) is 8.25. The van der Waals surface area contributed by atoms with E-state index in [1.54, 1.807) is 7.11 Å². The van der Waals surface area contributed by atoms with Gasteiger partial charge in [0.2, 0.25) is 0 Å². The van der Waals surface area contributed by atoms with Crippen LogP contribution in [-0.2, 0) is 14.2 Å². The average molecular weight is 324 g/mol. The highest BCUT2D eigenvalue weighted by atomic mass is 16.7. The second kappa shape index (κ2) is 6.47. The molecular weight excluding hydrogens is 292 g/mol. The second-order valence-electron chi connectivity index (χ2n) is 8.25. The molecule has 0 radical (unpaired) electrons. The Morgan fingerprint density at radius 2 is 2.17 bits per heavy atom. The average Bonchev–Trinajstić information content (AvgIpc) is 3.18. The van der Waals surface area contributed by atoms with Gasteiger partial charge in [-0.2, -0.15) is 0 Å². The van der Waals surface area contributed by atoms with Crippen molar-refractivity contribution in [2.75, 3.05) is 13.9 Å². The number of epoxide rings is 1. The zero-order chi connectivity index (χ0) is 16.7. The van der Waals surface area contributed by atoms with Gasteiger partial charge in [0, 0.05) is 12.5 Å². The van der Waals surface area contributed by atoms with Gasteiger partial charge in [0.25, 0.3) is 0 Å². The number of methoxy groups -OCH3 is 1. The number of hydrogen-bond acceptors (Lipinski definition) is 4. The molecule has 23 heavy (non-hydrogen) atoms. The van der Waals surface area contributed by atoms with E-state index in [4.69, 9.17) is 14.2 Å². The summed E-state index contributed by atoms with van der Waals surface area (Å²) in [5.41, 5.74) is 1.13. The number of ether oxygens (including phenoxy) is 3. The van der Waals surface area contributed by atoms with Crippen molar-refractivity contribution in [3.63, 3.8) is 0 Å². The molecule has 4 heteroatoms. The van der Waals surface area contributed by atoms with E-state index in [0.29, 0.717) is 12.7 Å². The van der Waals surface area contributed by atoms with Crippen LogP contribution in [0.2, 0.25) is 0 Å². The van der Waals surface area contributed by atoms with Gasteiger partial charge >= 0.3 is 0 Å². The summed E-state index contributed by atoms with van der Waals surface area (Å²) in [6.45, 7) is 7.04. The molecule has 3 aliphatic rings. The fourth-order valence-corrected chi connectivity index (χ4v) is 4.93. The molecular formula is C19H32O4. The first-order valence-electron chi connectivity index (χ1n) is 9.03. The van der Waals surface area contributed by atoms with Gasteiger partial charge in [-0.1, -0.05) is 25.5 Å². The van der Waals surface area contributed by atoms with Crippen molar-refractivity contribution in [2.24, 2.45) is 11.3 Å². The van der Waals surface area contributed by atoms with Crippen LogP contribution in [0.25, 0.3) is 0 Å². The predicted octanol–water partition coefficient (Wildman–Crippen LogP) is 3.43. The molecule has 0 aromatic carbocycles. The van der Waals surface area contributed by atoms with E-state index in [1.807, 2.05) is 0 Å². The van der Waals surface area contributed by atoms with Crippen LogP contribution in [0.15, 0.2) is 11.6 Å². The molecule has 1 spiro atoms. The van der Waals surface area contributed by atoms with E-state index >= 15 is 0 Å². The van der Waals surface area contributed by atoms with Crippen molar-refractivity contribution in [3.8, 4) is 0 Å². The van der Waals surface area contributed by atoms with Crippen LogP contribution >= 0.6 is 0 Å². The molecule has 1 saturated carbocycles. The number of aliphatic hydroxyl groups excluding tert-OH is 1. The van der Waals surface area contributed by atoms with Gasteiger partial charge in [-0.3, -0.25) is 0 Å². The highest BCUT2D eigenvalue weighted by molar-refractivity contribution is 5.23. The smallest absolute Gasteiger partial charge is 0.146 e. The lowest BCUT2D eigenvalue weighted by Crippen LogP contribution is -2.44. The molecule has 1 unspecified atom stereocenters. The monoisotopic (exact) mass is 324 g/mol. The lowest BCUT2D eigenvalue weighted by Gasteiger charge is -2.36. The van der Waals surface area contributed by atoms with Crippen LogP contribution in [0, 0.1) is 11.3 Å². The molecule has 0 aromatic rings. The van der Waals surface area contributed by atoms with E-state index in [2.05, 4.69) is 26.8 Å². The lowest BCUT2D eigenvalue weighted by molar-refractivity contribution is -0.0803. The van der Waals surface area contributed by atoms with Gasteiger partial charge in [0.1, 0.15) is 12.4 Å². The summed E-state index contributed by atoms with van der Waals surface area (Å²) in [6.07, 6.45) is 8.31. The van der Waals surface area contributed by atoms with Crippen LogP contribution in [-0.4, -0.2) is 42.9 Å². The minimum Gasteiger partial charge on any atom is -0.390 e. The topological polar surface area (TPSA) is 51.2 Å². The first-order valence-corrected chi connectivity index (χ1v) is 9.03. The number of rotatable bonds is 3. The molecule has 1 heterocycles. The SMILES string of the molecule is COCOC1C/C(C)=C\C[C@]2(C)CC[C@@H]3O[C@@]32[C@@H](O)C[C@H](C)C1. The van der Waals surface area contributed by atoms with Crippen LogP contribution in [0.3, 0.4) is 0 Å². The predicted molar refractivity (Wildman–Crippen MR) is 89.1 cm³/mol. The molecule has 2 fully saturated rings. The van der Waals surface area contributed by atoms with Gasteiger partial charge in [-0.25, -0.2) is 0 Å². The Kier molecular flexibility index (Phi) is 4.90. The standard InChI is InChI=1S/C19H32O4/c1-13-5-7-18(3)8-6-17-19(18,23-17)16(20)11-14(2)10-15(9-13)22-12-21-4/h5,14-17,20H,6-12H2,1-4H3/b13-5-/t14-,15?,16+,17+,18-,19+/m1/s1. The Hall–Kier alpha value is -0.420. The van der Waals surface area contributed by atoms with Crippen molar-refractivity contribution in [3.05, 3.63) is 11.6 Å². The summed E-state index contributed by atoms with van der Waals surface area (Å²) >= 11 is 0. The molecule has 0 amide bonds. The number of allylic oxidation sites excluding steroid dienone is 1. The molecule has 1 saturated heterocycles. The van der Waals surface area contributed by atoms with Gasteiger partial charge in [-0.15, -0.1) is 0 Å². The minimum atomic E-state index is -0.370. The fraction of sp³-hybridized carbons (Fsp3) is 0.895. The summed E-state index contributed by atoms with van der Waals surface area (Å²) in [7, 11) is 1.66. The van der Waals surface area contributed by atoms with E-state index in [1.165, 1.54) is 5.57 Å². The Morgan fingerprint density at radius 1 is 1.39 bits per heavy atom. The highest BCUT2D eigenvalue weighted by Gasteiger charge is 2.73. The van der Waals surface area contributed by atoms with E-state index < -0.39 is 0 Å². The van der Waals surface area contributed by atoms with Crippen molar-refractivity contribution < 1.29 is 19.3 Å². The van der Waals surface area contributed by atoms with Crippen LogP contribution in [0.1, 0.15) is 59.3 Å². The van der Waals surface area contributed by atoms with Gasteiger partial charge in [-0.05, 0) is 51.4 Å². The molecule has 6 atom stereocenters. The lowest BCUT2D eigenvalue weighted by atomic mass is 9.71. The highest BCUT2D eigenvalue weighted by Crippen LogP contribution is 2.65. The number of aliphatic hydroxyl groups is 1. The molecule has 3 rings (SSSR count). The van der Waals surface area contributed by atoms with Gasteiger partial charge in [0.05, 0.1) is 18.3 Å². The number of hydrogen-bond donors (Lipinski definition) is 1. The molecule has 4 nitrogen and oxygen atoms in total. The van der Waals surface area contributed by atoms with Crippen LogP contribution in [0.4, 0.5) is 0 Å². The van der Waals surface area contributed by atoms with Crippen molar-refractivity contribution in [2.45, 2.75) is 83.2 Å². The van der Waals surface area contributed by atoms with E-state index in [-0.39, 0.29) is 29.3 Å². The zero-order valence-corrected chi connectivity index (χ0v) is 15.0. The van der Waals surface area contributed by atoms with Gasteiger partial charge < -0.3 is 19.3 Å². The molecule has 1 N–H and O–H groups in total. The molecule has 1 aliphatic heterocycles. The van der Waals surface area contributed by atoms with Crippen LogP contribution in [0.5, 0.6) is 0 Å². The zero-order valence-electron chi connectivity index (χ0n) is 15.0. The third-order valence-electron chi connectivity index (χ3n) is 6.32. The maximum absolute atomic E-state index is 10.9. The summed E-state index contributed by atoms with van der Waals surface area (Å²) in [6, 6.07) is 0. The third kappa shape index (κ3) is 3.11. The minimum absolute atomic E-state index is 0.0608. The van der Waals surface area contributed by atoms with E-state index in [0.717, 1.165) is 38.5 Å². The maximum Gasteiger partial charge on any atom is 0.146 e. The van der Waals surface area contributed by atoms with Gasteiger partial charge in [0.15, 0.2) is 0 Å². The molecule has 2 aliphatic carbocycles. The first kappa shape index (κ1) is 17.4. The summed E-state index contributed by atoms with van der Waals surface area (Å²) in [4.78, 5) is 0. The quantitative estimate of drug-likeness (QED) is 0.491. The summed E-state index contributed by atoms with van der Waals surface area (Å²) < 4.78 is 17.0. The Bertz CT molecular complexity index is 462. The van der Waals surface area contributed by atoms with Crippen molar-refractivity contribution in [1.82, 2.24) is 0 Å².